The highest BCUT2D eigenvalue weighted by molar-refractivity contribution is 5.76. The van der Waals surface area contributed by atoms with Crippen LogP contribution in [0.1, 0.15) is 0 Å². The minimum Gasteiger partial charge on any atom is -0.477 e. The van der Waals surface area contributed by atoms with E-state index in [2.05, 4.69) is 0 Å². The Morgan fingerprint density at radius 3 is 1.27 bits per heavy atom. The molecular weight excluding hydrogens is 241 g/mol. The summed E-state index contributed by atoms with van der Waals surface area (Å²) < 4.78 is 80.5. The Hall–Kier alpha value is -1.06. The lowest BCUT2D eigenvalue weighted by atomic mass is 10.1. The number of carboxylic acids is 1. The van der Waals surface area contributed by atoms with Gasteiger partial charge in [0.2, 0.25) is 0 Å². The lowest BCUT2D eigenvalue weighted by molar-refractivity contribution is -0.347. The van der Waals surface area contributed by atoms with Gasteiger partial charge in [-0.05, 0) is 0 Å². The zero-order valence-electron chi connectivity index (χ0n) is 6.95. The van der Waals surface area contributed by atoms with Crippen LogP contribution in [0.15, 0.2) is 0 Å². The van der Waals surface area contributed by atoms with E-state index in [9.17, 15) is 35.5 Å². The van der Waals surface area contributed by atoms with Crippen molar-refractivity contribution in [3.05, 3.63) is 0 Å². The number of aliphatic hydroxyl groups excluding tert-OH is 1. The summed E-state index contributed by atoms with van der Waals surface area (Å²) in [6.45, 7) is 0. The molecule has 0 aromatic carbocycles. The summed E-state index contributed by atoms with van der Waals surface area (Å²) in [5.74, 6) is -16.3. The molecule has 3 nitrogen and oxygen atoms in total. The van der Waals surface area contributed by atoms with Gasteiger partial charge in [0.05, 0.1) is 0 Å². The van der Waals surface area contributed by atoms with Gasteiger partial charge in [0, 0.05) is 7.11 Å². The second kappa shape index (κ2) is 4.64. The molecule has 2 N–H and O–H groups in total. The summed E-state index contributed by atoms with van der Waals surface area (Å²) in [6, 6.07) is 0. The smallest absolute Gasteiger partial charge is 0.460 e. The van der Waals surface area contributed by atoms with Crippen molar-refractivity contribution in [2.45, 2.75) is 18.0 Å². The van der Waals surface area contributed by atoms with Gasteiger partial charge in [0.25, 0.3) is 0 Å². The van der Waals surface area contributed by atoms with Crippen LogP contribution < -0.4 is 0 Å². The predicted molar refractivity (Wildman–Crippen MR) is 31.7 cm³/mol. The summed E-state index contributed by atoms with van der Waals surface area (Å²) in [4.78, 5) is 9.38. The van der Waals surface area contributed by atoms with Crippen LogP contribution in [-0.4, -0.2) is 41.3 Å². The minimum atomic E-state index is -6.60. The molecule has 0 aromatic rings. The molecule has 0 aliphatic rings. The molecule has 0 aliphatic carbocycles. The van der Waals surface area contributed by atoms with Crippen LogP contribution in [0.3, 0.4) is 0 Å². The third-order valence-corrected chi connectivity index (χ3v) is 1.02. The van der Waals surface area contributed by atoms with Gasteiger partial charge in [-0.25, -0.2) is 4.79 Å². The van der Waals surface area contributed by atoms with E-state index in [0.717, 1.165) is 7.11 Å². The lowest BCUT2D eigenvalue weighted by Crippen LogP contribution is -2.56. The Kier molecular flexibility index (Phi) is 5.06. The standard InChI is InChI=1S/C4HF7O2.CH4O/c5-2(6,1(12)13)3(7,8)4(9,10)11;1-2/h(H,12,13);2H,1H3. The number of carbonyl (C=O) groups is 1. The second-order valence-electron chi connectivity index (χ2n) is 1.95. The number of rotatable bonds is 2. The predicted octanol–water partition coefficient (Wildman–Crippen LogP) is 1.51. The lowest BCUT2D eigenvalue weighted by Gasteiger charge is -2.24. The van der Waals surface area contributed by atoms with Crippen molar-refractivity contribution >= 4 is 5.97 Å². The van der Waals surface area contributed by atoms with Gasteiger partial charge in [-0.15, -0.1) is 0 Å². The molecule has 92 valence electrons. The van der Waals surface area contributed by atoms with Crippen molar-refractivity contribution < 1.29 is 45.7 Å². The van der Waals surface area contributed by atoms with Gasteiger partial charge < -0.3 is 10.2 Å². The van der Waals surface area contributed by atoms with Gasteiger partial charge in [-0.3, -0.25) is 0 Å². The van der Waals surface area contributed by atoms with Gasteiger partial charge in [0.1, 0.15) is 0 Å². The van der Waals surface area contributed by atoms with Crippen molar-refractivity contribution in [1.29, 1.82) is 0 Å². The largest absolute Gasteiger partial charge is 0.477 e. The van der Waals surface area contributed by atoms with Crippen LogP contribution in [0.5, 0.6) is 0 Å². The molecular formula is C5H5F7O3. The molecule has 0 aromatic heterocycles. The molecule has 10 heteroatoms. The topological polar surface area (TPSA) is 57.5 Å². The first-order valence-corrected chi connectivity index (χ1v) is 2.95. The highest BCUT2D eigenvalue weighted by atomic mass is 19.4. The summed E-state index contributed by atoms with van der Waals surface area (Å²) in [5.41, 5.74) is 0. The zero-order chi connectivity index (χ0) is 13.1. The maximum absolute atomic E-state index is 11.8. The quantitative estimate of drug-likeness (QED) is 0.726. The van der Waals surface area contributed by atoms with E-state index >= 15 is 0 Å². The van der Waals surface area contributed by atoms with Crippen LogP contribution in [0.25, 0.3) is 0 Å². The van der Waals surface area contributed by atoms with Crippen LogP contribution in [-0.2, 0) is 4.79 Å². The molecule has 0 aliphatic heterocycles. The molecule has 0 atom stereocenters. The molecule has 0 bridgehead atoms. The average Bonchev–Trinajstić information content (AvgIpc) is 2.05. The zero-order valence-corrected chi connectivity index (χ0v) is 6.95. The first-order valence-electron chi connectivity index (χ1n) is 2.95. The molecule has 0 radical (unpaired) electrons. The van der Waals surface area contributed by atoms with Crippen molar-refractivity contribution in [3.63, 3.8) is 0 Å². The van der Waals surface area contributed by atoms with E-state index in [0.29, 0.717) is 0 Å². The van der Waals surface area contributed by atoms with Gasteiger partial charge in [-0.1, -0.05) is 0 Å². The molecule has 0 amide bonds. The highest BCUT2D eigenvalue weighted by Gasteiger charge is 2.76. The summed E-state index contributed by atoms with van der Waals surface area (Å²) in [6.07, 6.45) is -6.60. The highest BCUT2D eigenvalue weighted by Crippen LogP contribution is 2.46. The number of halogens is 7. The number of hydrogen-bond donors (Lipinski definition) is 2. The fourth-order valence-corrected chi connectivity index (χ4v) is 0.312. The number of alkyl halides is 7. The Morgan fingerprint density at radius 1 is 0.933 bits per heavy atom. The second-order valence-corrected chi connectivity index (χ2v) is 1.95. The monoisotopic (exact) mass is 246 g/mol. The van der Waals surface area contributed by atoms with E-state index in [-0.39, 0.29) is 0 Å². The molecule has 0 spiro atoms. The normalized spacial score (nSPS) is 12.9. The van der Waals surface area contributed by atoms with E-state index in [4.69, 9.17) is 10.2 Å². The fraction of sp³-hybridized carbons (Fsp3) is 0.800. The molecule has 0 saturated heterocycles. The SMILES string of the molecule is CO.O=C(O)C(F)(F)C(F)(F)C(F)(F)F. The Labute approximate surface area is 78.1 Å². The van der Waals surface area contributed by atoms with E-state index in [1.807, 2.05) is 0 Å². The Balaban J connectivity index is 0. The fourth-order valence-electron chi connectivity index (χ4n) is 0.312. The molecule has 0 rings (SSSR count). The molecule has 0 heterocycles. The van der Waals surface area contributed by atoms with Crippen LogP contribution in [0.4, 0.5) is 30.7 Å². The number of carboxylic acid groups (broad SMARTS) is 1. The molecule has 0 saturated carbocycles. The third kappa shape index (κ3) is 2.94. The molecule has 15 heavy (non-hydrogen) atoms. The van der Waals surface area contributed by atoms with Gasteiger partial charge in [-0.2, -0.15) is 30.7 Å². The summed E-state index contributed by atoms with van der Waals surface area (Å²) in [7, 11) is 1.00. The maximum Gasteiger partial charge on any atom is 0.460 e. The van der Waals surface area contributed by atoms with Gasteiger partial charge >= 0.3 is 24.0 Å². The average molecular weight is 246 g/mol. The van der Waals surface area contributed by atoms with Crippen molar-refractivity contribution in [2.24, 2.45) is 0 Å². The van der Waals surface area contributed by atoms with E-state index in [1.165, 1.54) is 0 Å². The first-order chi connectivity index (χ1) is 6.44. The van der Waals surface area contributed by atoms with Crippen LogP contribution in [0, 0.1) is 0 Å². The summed E-state index contributed by atoms with van der Waals surface area (Å²) >= 11 is 0. The summed E-state index contributed by atoms with van der Waals surface area (Å²) in [5, 5.41) is 14.4. The number of aliphatic carboxylic acids is 1. The van der Waals surface area contributed by atoms with Crippen LogP contribution in [0.2, 0.25) is 0 Å². The molecule has 0 fully saturated rings. The Bertz CT molecular complexity index is 221. The number of aliphatic hydroxyl groups is 1. The maximum atomic E-state index is 11.8. The first kappa shape index (κ1) is 16.4. The number of hydrogen-bond acceptors (Lipinski definition) is 2. The van der Waals surface area contributed by atoms with Crippen LogP contribution >= 0.6 is 0 Å². The third-order valence-electron chi connectivity index (χ3n) is 1.02. The van der Waals surface area contributed by atoms with E-state index < -0.39 is 24.0 Å². The molecule has 0 unspecified atom stereocenters. The minimum absolute atomic E-state index is 1.00. The van der Waals surface area contributed by atoms with Gasteiger partial charge in [0.15, 0.2) is 0 Å². The van der Waals surface area contributed by atoms with Crippen molar-refractivity contribution in [3.8, 4) is 0 Å². The van der Waals surface area contributed by atoms with Crippen molar-refractivity contribution in [2.75, 3.05) is 7.11 Å². The van der Waals surface area contributed by atoms with Crippen molar-refractivity contribution in [1.82, 2.24) is 0 Å². The van der Waals surface area contributed by atoms with E-state index in [1.54, 1.807) is 0 Å². The Morgan fingerprint density at radius 2 is 1.20 bits per heavy atom.